The summed E-state index contributed by atoms with van der Waals surface area (Å²) < 4.78 is 13.1. The van der Waals surface area contributed by atoms with Crippen molar-refractivity contribution >= 4 is 28.8 Å². The zero-order valence-electron chi connectivity index (χ0n) is 9.89. The van der Waals surface area contributed by atoms with Crippen LogP contribution in [0, 0.1) is 5.82 Å². The van der Waals surface area contributed by atoms with Crippen LogP contribution >= 0.6 is 12.2 Å². The number of amides is 1. The Morgan fingerprint density at radius 3 is 2.58 bits per heavy atom. The molecule has 2 rings (SSSR count). The van der Waals surface area contributed by atoms with Gasteiger partial charge in [-0.15, -0.1) is 0 Å². The summed E-state index contributed by atoms with van der Waals surface area (Å²) in [6, 6.07) is 12.4. The molecule has 0 aromatic heterocycles. The van der Waals surface area contributed by atoms with Gasteiger partial charge in [0.25, 0.3) is 5.91 Å². The fraction of sp³-hybridized carbons (Fsp3) is 0. The highest BCUT2D eigenvalue weighted by Gasteiger charge is 2.10. The number of hydrogen-bond acceptors (Lipinski definition) is 2. The first-order valence-electron chi connectivity index (χ1n) is 5.53. The highest BCUT2D eigenvalue weighted by molar-refractivity contribution is 7.80. The van der Waals surface area contributed by atoms with Crippen molar-refractivity contribution in [3.63, 3.8) is 0 Å². The number of rotatable bonds is 3. The molecular weight excluding hydrogens is 263 g/mol. The van der Waals surface area contributed by atoms with Gasteiger partial charge in [0.2, 0.25) is 0 Å². The number of nitrogens with two attached hydrogens (primary N) is 1. The van der Waals surface area contributed by atoms with E-state index in [1.807, 2.05) is 0 Å². The van der Waals surface area contributed by atoms with E-state index in [2.05, 4.69) is 5.32 Å². The van der Waals surface area contributed by atoms with Gasteiger partial charge in [0.15, 0.2) is 0 Å². The van der Waals surface area contributed by atoms with E-state index in [0.717, 1.165) is 0 Å². The number of halogens is 1. The molecule has 5 heteroatoms. The predicted molar refractivity (Wildman–Crippen MR) is 76.7 cm³/mol. The van der Waals surface area contributed by atoms with Crippen molar-refractivity contribution in [3.05, 3.63) is 65.5 Å². The van der Waals surface area contributed by atoms with Gasteiger partial charge in [0, 0.05) is 11.1 Å². The second kappa shape index (κ2) is 5.58. The Kier molecular flexibility index (Phi) is 3.87. The molecule has 3 N–H and O–H groups in total. The molecule has 2 aromatic carbocycles. The smallest absolute Gasteiger partial charge is 0.255 e. The van der Waals surface area contributed by atoms with Gasteiger partial charge < -0.3 is 11.1 Å². The van der Waals surface area contributed by atoms with Crippen molar-refractivity contribution < 1.29 is 9.18 Å². The molecule has 0 unspecified atom stereocenters. The number of thiocarbonyl (C=S) groups is 1. The zero-order valence-corrected chi connectivity index (χ0v) is 10.7. The average molecular weight is 274 g/mol. The maximum Gasteiger partial charge on any atom is 0.255 e. The van der Waals surface area contributed by atoms with Gasteiger partial charge in [-0.1, -0.05) is 30.4 Å². The van der Waals surface area contributed by atoms with Crippen molar-refractivity contribution in [1.29, 1.82) is 0 Å². The summed E-state index contributed by atoms with van der Waals surface area (Å²) in [5.41, 5.74) is 6.88. The van der Waals surface area contributed by atoms with Crippen molar-refractivity contribution in [2.45, 2.75) is 0 Å². The first kappa shape index (κ1) is 13.2. The van der Waals surface area contributed by atoms with E-state index in [4.69, 9.17) is 18.0 Å². The van der Waals surface area contributed by atoms with Gasteiger partial charge in [0.05, 0.1) is 5.69 Å². The molecule has 0 atom stereocenters. The van der Waals surface area contributed by atoms with Crippen LogP contribution in [0.15, 0.2) is 48.5 Å². The van der Waals surface area contributed by atoms with Gasteiger partial charge in [-0.05, 0) is 30.3 Å². The van der Waals surface area contributed by atoms with Crippen molar-refractivity contribution in [3.8, 4) is 0 Å². The number of benzene rings is 2. The molecule has 3 nitrogen and oxygen atoms in total. The van der Waals surface area contributed by atoms with Crippen LogP contribution in [-0.4, -0.2) is 10.9 Å². The second-order valence-electron chi connectivity index (χ2n) is 3.87. The minimum atomic E-state index is -0.463. The highest BCUT2D eigenvalue weighted by atomic mass is 32.1. The van der Waals surface area contributed by atoms with Gasteiger partial charge in [-0.25, -0.2) is 4.39 Å². The summed E-state index contributed by atoms with van der Waals surface area (Å²) in [7, 11) is 0. The minimum Gasteiger partial charge on any atom is -0.389 e. The summed E-state index contributed by atoms with van der Waals surface area (Å²) in [6.07, 6.45) is 0. The molecule has 0 heterocycles. The summed E-state index contributed by atoms with van der Waals surface area (Å²) in [5, 5.41) is 2.66. The molecule has 1 amide bonds. The number of para-hydroxylation sites is 1. The van der Waals surface area contributed by atoms with E-state index in [1.54, 1.807) is 24.3 Å². The van der Waals surface area contributed by atoms with Crippen molar-refractivity contribution in [2.75, 3.05) is 5.32 Å². The van der Waals surface area contributed by atoms with Crippen LogP contribution in [0.3, 0.4) is 0 Å². The zero-order chi connectivity index (χ0) is 13.8. The molecule has 0 aliphatic heterocycles. The maximum atomic E-state index is 13.1. The van der Waals surface area contributed by atoms with Crippen LogP contribution in [0.2, 0.25) is 0 Å². The number of anilines is 1. The van der Waals surface area contributed by atoms with Crippen LogP contribution in [0.1, 0.15) is 15.9 Å². The van der Waals surface area contributed by atoms with Gasteiger partial charge in [-0.3, -0.25) is 4.79 Å². The van der Waals surface area contributed by atoms with E-state index in [9.17, 15) is 9.18 Å². The fourth-order valence-corrected chi connectivity index (χ4v) is 1.81. The third-order valence-corrected chi connectivity index (χ3v) is 2.75. The number of hydrogen-bond donors (Lipinski definition) is 2. The molecule has 0 saturated heterocycles. The van der Waals surface area contributed by atoms with Gasteiger partial charge in [0.1, 0.15) is 10.8 Å². The lowest BCUT2D eigenvalue weighted by Crippen LogP contribution is -2.17. The summed E-state index contributed by atoms with van der Waals surface area (Å²) in [5.74, 6) is -0.876. The maximum absolute atomic E-state index is 13.1. The summed E-state index contributed by atoms with van der Waals surface area (Å²) in [6.45, 7) is 0. The Balaban J connectivity index is 2.27. The Labute approximate surface area is 115 Å². The van der Waals surface area contributed by atoms with Crippen LogP contribution in [0.4, 0.5) is 10.1 Å². The Morgan fingerprint density at radius 1 is 1.16 bits per heavy atom. The first-order chi connectivity index (χ1) is 9.08. The average Bonchev–Trinajstić information content (AvgIpc) is 2.39. The lowest BCUT2D eigenvalue weighted by Gasteiger charge is -2.09. The van der Waals surface area contributed by atoms with E-state index in [-0.39, 0.29) is 10.6 Å². The number of nitrogens with one attached hydrogen (secondary N) is 1. The number of carbonyl (C=O) groups excluding carboxylic acids is 1. The molecule has 0 fully saturated rings. The Bertz CT molecular complexity index is 643. The molecule has 0 aliphatic rings. The summed E-state index contributed by atoms with van der Waals surface area (Å²) in [4.78, 5) is 12.2. The monoisotopic (exact) mass is 274 g/mol. The van der Waals surface area contributed by atoms with Crippen LogP contribution in [-0.2, 0) is 0 Å². The van der Waals surface area contributed by atoms with E-state index < -0.39 is 11.7 Å². The topological polar surface area (TPSA) is 55.1 Å². The third kappa shape index (κ3) is 3.14. The van der Waals surface area contributed by atoms with Gasteiger partial charge >= 0.3 is 0 Å². The molecule has 96 valence electrons. The van der Waals surface area contributed by atoms with Crippen LogP contribution < -0.4 is 11.1 Å². The minimum absolute atomic E-state index is 0.190. The molecule has 19 heavy (non-hydrogen) atoms. The van der Waals surface area contributed by atoms with E-state index in [0.29, 0.717) is 11.3 Å². The van der Waals surface area contributed by atoms with Gasteiger partial charge in [-0.2, -0.15) is 0 Å². The molecule has 0 bridgehead atoms. The predicted octanol–water partition coefficient (Wildman–Crippen LogP) is 2.71. The third-order valence-electron chi connectivity index (χ3n) is 2.53. The SMILES string of the molecule is NC(=S)c1ccccc1NC(=O)c1cccc(F)c1. The van der Waals surface area contributed by atoms with Crippen LogP contribution in [0.5, 0.6) is 0 Å². The molecule has 2 aromatic rings. The highest BCUT2D eigenvalue weighted by Crippen LogP contribution is 2.16. The van der Waals surface area contributed by atoms with Crippen molar-refractivity contribution in [2.24, 2.45) is 5.73 Å². The molecule has 0 radical (unpaired) electrons. The van der Waals surface area contributed by atoms with Crippen molar-refractivity contribution in [1.82, 2.24) is 0 Å². The standard InChI is InChI=1S/C14H11FN2OS/c15-10-5-3-4-9(8-10)14(18)17-12-7-2-1-6-11(12)13(16)19/h1-8H,(H2,16,19)(H,17,18). The summed E-state index contributed by atoms with van der Waals surface area (Å²) >= 11 is 4.91. The fourth-order valence-electron chi connectivity index (χ4n) is 1.63. The van der Waals surface area contributed by atoms with Crippen LogP contribution in [0.25, 0.3) is 0 Å². The molecule has 0 saturated carbocycles. The largest absolute Gasteiger partial charge is 0.389 e. The first-order valence-corrected chi connectivity index (χ1v) is 5.94. The number of carbonyl (C=O) groups is 1. The molecular formula is C14H11FN2OS. The Hall–Kier alpha value is -2.27. The molecule has 0 aliphatic carbocycles. The Morgan fingerprint density at radius 2 is 1.89 bits per heavy atom. The van der Waals surface area contributed by atoms with E-state index >= 15 is 0 Å². The quantitative estimate of drug-likeness (QED) is 0.846. The second-order valence-corrected chi connectivity index (χ2v) is 4.31. The normalized spacial score (nSPS) is 9.95. The molecule has 0 spiro atoms. The lowest BCUT2D eigenvalue weighted by atomic mass is 10.1. The van der Waals surface area contributed by atoms with E-state index in [1.165, 1.54) is 24.3 Å². The lowest BCUT2D eigenvalue weighted by molar-refractivity contribution is 0.102.